The zero-order valence-corrected chi connectivity index (χ0v) is 25.4. The van der Waals surface area contributed by atoms with Gasteiger partial charge in [0.05, 0.1) is 32.3 Å². The second-order valence-corrected chi connectivity index (χ2v) is 10.3. The van der Waals surface area contributed by atoms with Crippen LogP contribution in [0.2, 0.25) is 0 Å². The van der Waals surface area contributed by atoms with Crippen molar-refractivity contribution in [3.8, 4) is 17.2 Å². The molecule has 0 fully saturated rings. The van der Waals surface area contributed by atoms with Crippen LogP contribution in [0.15, 0.2) is 108 Å². The molecular formula is C34H33N3O6S. The van der Waals surface area contributed by atoms with Crippen molar-refractivity contribution in [3.63, 3.8) is 0 Å². The van der Waals surface area contributed by atoms with Crippen LogP contribution < -0.4 is 30.2 Å². The number of methoxy groups -OCH3 is 2. The van der Waals surface area contributed by atoms with Gasteiger partial charge in [0, 0.05) is 21.7 Å². The Morgan fingerprint density at radius 1 is 0.773 bits per heavy atom. The van der Waals surface area contributed by atoms with E-state index in [0.29, 0.717) is 46.4 Å². The van der Waals surface area contributed by atoms with Gasteiger partial charge in [-0.2, -0.15) is 0 Å². The number of para-hydroxylation sites is 3. The molecule has 0 atom stereocenters. The minimum atomic E-state index is -0.535. The molecule has 0 aliphatic carbocycles. The monoisotopic (exact) mass is 611 g/mol. The van der Waals surface area contributed by atoms with Gasteiger partial charge in [0.2, 0.25) is 5.91 Å². The lowest BCUT2D eigenvalue weighted by Gasteiger charge is -2.14. The van der Waals surface area contributed by atoms with Gasteiger partial charge in [0.1, 0.15) is 11.4 Å². The summed E-state index contributed by atoms with van der Waals surface area (Å²) in [5.41, 5.74) is 2.07. The Balaban J connectivity index is 1.45. The fraction of sp³-hybridized carbons (Fsp3) is 0.147. The summed E-state index contributed by atoms with van der Waals surface area (Å²) in [6, 6.07) is 28.2. The fourth-order valence-electron chi connectivity index (χ4n) is 4.14. The van der Waals surface area contributed by atoms with Crippen LogP contribution in [0.3, 0.4) is 0 Å². The molecule has 226 valence electrons. The molecule has 9 nitrogen and oxygen atoms in total. The van der Waals surface area contributed by atoms with Gasteiger partial charge in [0.25, 0.3) is 11.8 Å². The number of hydrogen-bond donors (Lipinski definition) is 3. The van der Waals surface area contributed by atoms with Crippen LogP contribution in [0.5, 0.6) is 17.2 Å². The number of nitrogens with one attached hydrogen (secondary N) is 3. The van der Waals surface area contributed by atoms with E-state index >= 15 is 0 Å². The molecule has 4 aromatic carbocycles. The summed E-state index contributed by atoms with van der Waals surface area (Å²) < 4.78 is 16.5. The van der Waals surface area contributed by atoms with Crippen molar-refractivity contribution in [2.45, 2.75) is 11.8 Å². The Kier molecular flexibility index (Phi) is 11.4. The molecule has 0 saturated carbocycles. The summed E-state index contributed by atoms with van der Waals surface area (Å²) in [5.74, 6) is 0.557. The van der Waals surface area contributed by atoms with E-state index in [2.05, 4.69) is 16.0 Å². The lowest BCUT2D eigenvalue weighted by Crippen LogP contribution is -2.30. The molecule has 3 amide bonds. The molecule has 0 radical (unpaired) electrons. The van der Waals surface area contributed by atoms with Crippen LogP contribution in [0, 0.1) is 0 Å². The van der Waals surface area contributed by atoms with Crippen LogP contribution in [-0.4, -0.2) is 44.3 Å². The van der Waals surface area contributed by atoms with Crippen molar-refractivity contribution in [2.24, 2.45) is 0 Å². The molecule has 4 rings (SSSR count). The zero-order chi connectivity index (χ0) is 31.3. The molecule has 0 aliphatic heterocycles. The molecule has 0 aromatic heterocycles. The first-order valence-corrected chi connectivity index (χ1v) is 14.7. The zero-order valence-electron chi connectivity index (χ0n) is 24.6. The van der Waals surface area contributed by atoms with Gasteiger partial charge in [-0.1, -0.05) is 42.5 Å². The van der Waals surface area contributed by atoms with Gasteiger partial charge in [-0.3, -0.25) is 14.4 Å². The number of hydrogen-bond acceptors (Lipinski definition) is 7. The number of carbonyl (C=O) groups excluding carboxylic acids is 3. The Bertz CT molecular complexity index is 1620. The van der Waals surface area contributed by atoms with Crippen LogP contribution in [0.25, 0.3) is 6.08 Å². The van der Waals surface area contributed by atoms with Gasteiger partial charge in [0.15, 0.2) is 11.5 Å². The second-order valence-electron chi connectivity index (χ2n) is 9.21. The van der Waals surface area contributed by atoms with E-state index in [-0.39, 0.29) is 17.4 Å². The van der Waals surface area contributed by atoms with Gasteiger partial charge in [-0.25, -0.2) is 0 Å². The third kappa shape index (κ3) is 8.65. The second kappa shape index (κ2) is 15.9. The van der Waals surface area contributed by atoms with Gasteiger partial charge in [-0.15, -0.1) is 11.8 Å². The van der Waals surface area contributed by atoms with E-state index in [0.717, 1.165) is 4.90 Å². The number of anilines is 2. The number of amides is 3. The minimum Gasteiger partial charge on any atom is -0.493 e. The first-order chi connectivity index (χ1) is 21.4. The normalized spacial score (nSPS) is 10.8. The van der Waals surface area contributed by atoms with E-state index in [9.17, 15) is 14.4 Å². The summed E-state index contributed by atoms with van der Waals surface area (Å²) in [4.78, 5) is 39.8. The highest BCUT2D eigenvalue weighted by molar-refractivity contribution is 8.00. The summed E-state index contributed by atoms with van der Waals surface area (Å²) in [6.07, 6.45) is 1.53. The summed E-state index contributed by atoms with van der Waals surface area (Å²) >= 11 is 1.36. The van der Waals surface area contributed by atoms with Crippen molar-refractivity contribution >= 4 is 46.9 Å². The maximum Gasteiger partial charge on any atom is 0.272 e. The van der Waals surface area contributed by atoms with Gasteiger partial charge in [-0.05, 0) is 67.6 Å². The van der Waals surface area contributed by atoms with E-state index in [1.165, 1.54) is 32.1 Å². The van der Waals surface area contributed by atoms with Crippen molar-refractivity contribution in [1.29, 1.82) is 0 Å². The topological polar surface area (TPSA) is 115 Å². The van der Waals surface area contributed by atoms with Crippen LogP contribution in [0.4, 0.5) is 11.4 Å². The number of benzene rings is 4. The highest BCUT2D eigenvalue weighted by Crippen LogP contribution is 2.32. The fourth-order valence-corrected chi connectivity index (χ4v) is 4.84. The SMILES string of the molecule is CCOc1ccccc1NC(=O)CSc1ccc(NC(=O)/C(=C/c2cccc(OC)c2OC)NC(=O)c2ccccc2)cc1. The molecule has 44 heavy (non-hydrogen) atoms. The maximum atomic E-state index is 13.5. The standard InChI is InChI=1S/C34H33N3O6S/c1-4-43-29-15-9-8-14-27(29)36-31(38)22-44-26-19-17-25(18-20-26)35-34(40)28(37-33(39)23-11-6-5-7-12-23)21-24-13-10-16-30(41-2)32(24)42-3/h5-21H,4,22H2,1-3H3,(H,35,40)(H,36,38)(H,37,39)/b28-21-. The number of carbonyl (C=O) groups is 3. The minimum absolute atomic E-state index is 0.00728. The molecule has 0 spiro atoms. The molecule has 0 heterocycles. The third-order valence-electron chi connectivity index (χ3n) is 6.21. The number of rotatable bonds is 13. The Hall–Kier alpha value is -5.22. The first-order valence-electron chi connectivity index (χ1n) is 13.8. The van der Waals surface area contributed by atoms with E-state index in [4.69, 9.17) is 14.2 Å². The van der Waals surface area contributed by atoms with Crippen molar-refractivity contribution in [2.75, 3.05) is 37.2 Å². The Morgan fingerprint density at radius 2 is 1.48 bits per heavy atom. The molecule has 10 heteroatoms. The number of thioether (sulfide) groups is 1. The molecule has 0 aliphatic rings. The van der Waals surface area contributed by atoms with Crippen molar-refractivity contribution in [3.05, 3.63) is 114 Å². The Labute approximate surface area is 260 Å². The van der Waals surface area contributed by atoms with E-state index in [1.807, 2.05) is 19.1 Å². The van der Waals surface area contributed by atoms with E-state index < -0.39 is 11.8 Å². The molecule has 4 aromatic rings. The van der Waals surface area contributed by atoms with E-state index in [1.54, 1.807) is 84.9 Å². The van der Waals surface area contributed by atoms with Crippen LogP contribution >= 0.6 is 11.8 Å². The van der Waals surface area contributed by atoms with Crippen molar-refractivity contribution < 1.29 is 28.6 Å². The van der Waals surface area contributed by atoms with Gasteiger partial charge < -0.3 is 30.2 Å². The third-order valence-corrected chi connectivity index (χ3v) is 7.22. The summed E-state index contributed by atoms with van der Waals surface area (Å²) in [6.45, 7) is 2.38. The number of ether oxygens (including phenoxy) is 3. The van der Waals surface area contributed by atoms with Crippen molar-refractivity contribution in [1.82, 2.24) is 5.32 Å². The lowest BCUT2D eigenvalue weighted by atomic mass is 10.1. The Morgan fingerprint density at radius 3 is 2.18 bits per heavy atom. The van der Waals surface area contributed by atoms with Gasteiger partial charge >= 0.3 is 0 Å². The first kappa shape index (κ1) is 31.7. The molecule has 3 N–H and O–H groups in total. The quantitative estimate of drug-likeness (QED) is 0.121. The maximum absolute atomic E-state index is 13.5. The smallest absolute Gasteiger partial charge is 0.272 e. The molecular weight excluding hydrogens is 578 g/mol. The van der Waals surface area contributed by atoms with Crippen LogP contribution in [-0.2, 0) is 9.59 Å². The molecule has 0 saturated heterocycles. The lowest BCUT2D eigenvalue weighted by molar-refractivity contribution is -0.114. The molecule has 0 bridgehead atoms. The summed E-state index contributed by atoms with van der Waals surface area (Å²) in [7, 11) is 3.02. The predicted molar refractivity (Wildman–Crippen MR) is 173 cm³/mol. The molecule has 0 unspecified atom stereocenters. The summed E-state index contributed by atoms with van der Waals surface area (Å²) in [5, 5.41) is 8.43. The van der Waals surface area contributed by atoms with Crippen LogP contribution in [0.1, 0.15) is 22.8 Å². The highest BCUT2D eigenvalue weighted by atomic mass is 32.2. The highest BCUT2D eigenvalue weighted by Gasteiger charge is 2.17. The average Bonchev–Trinajstić information content (AvgIpc) is 3.05. The average molecular weight is 612 g/mol. The predicted octanol–water partition coefficient (Wildman–Crippen LogP) is 6.24. The largest absolute Gasteiger partial charge is 0.493 e.